The Labute approximate surface area is 252 Å². The van der Waals surface area contributed by atoms with E-state index in [0.29, 0.717) is 23.8 Å². The molecule has 2 aromatic rings. The number of likely N-dealkylation sites (tertiary alicyclic amines) is 2. The van der Waals surface area contributed by atoms with Crippen LogP contribution >= 0.6 is 0 Å². The fourth-order valence-corrected chi connectivity index (χ4v) is 7.55. The summed E-state index contributed by atoms with van der Waals surface area (Å²) in [4.78, 5) is 29.8. The molecule has 1 aliphatic carbocycles. The Bertz CT molecular complexity index is 1190. The van der Waals surface area contributed by atoms with Crippen LogP contribution in [0.4, 0.5) is 13.2 Å². The van der Waals surface area contributed by atoms with Crippen LogP contribution in [0.15, 0.2) is 54.6 Å². The number of carboxylic acid groups (broad SMARTS) is 1. The Balaban J connectivity index is 1.13. The number of nitrogens with zero attached hydrogens (tertiary/aromatic N) is 2. The molecule has 43 heavy (non-hydrogen) atoms. The van der Waals surface area contributed by atoms with Crippen LogP contribution in [0.1, 0.15) is 74.0 Å². The van der Waals surface area contributed by atoms with E-state index in [1.165, 1.54) is 24.1 Å². The highest BCUT2D eigenvalue weighted by Crippen LogP contribution is 2.39. The normalized spacial score (nSPS) is 23.7. The number of aliphatic carboxylic acids is 1. The number of carboxylic acids is 1. The number of amides is 1. The maximum atomic E-state index is 12.8. The zero-order valence-corrected chi connectivity index (χ0v) is 24.8. The Morgan fingerprint density at radius 3 is 2.21 bits per heavy atom. The Hall–Kier alpha value is -2.91. The van der Waals surface area contributed by atoms with Crippen molar-refractivity contribution in [2.24, 2.45) is 17.8 Å². The van der Waals surface area contributed by atoms with Crippen molar-refractivity contribution < 1.29 is 27.9 Å². The third-order valence-electron chi connectivity index (χ3n) is 9.88. The number of alkyl halides is 3. The minimum absolute atomic E-state index is 0.0728. The van der Waals surface area contributed by atoms with Gasteiger partial charge >= 0.3 is 12.1 Å². The molecule has 3 unspecified atom stereocenters. The van der Waals surface area contributed by atoms with E-state index >= 15 is 0 Å². The number of rotatable bonds is 10. The van der Waals surface area contributed by atoms with Gasteiger partial charge < -0.3 is 15.3 Å². The van der Waals surface area contributed by atoms with E-state index in [4.69, 9.17) is 0 Å². The first kappa shape index (κ1) is 31.5. The predicted octanol–water partition coefficient (Wildman–Crippen LogP) is 6.17. The topological polar surface area (TPSA) is 72.9 Å². The Morgan fingerprint density at radius 1 is 0.907 bits per heavy atom. The summed E-state index contributed by atoms with van der Waals surface area (Å²) in [7, 11) is 0. The smallest absolute Gasteiger partial charge is 0.416 e. The van der Waals surface area contributed by atoms with E-state index in [9.17, 15) is 27.9 Å². The van der Waals surface area contributed by atoms with Crippen LogP contribution in [0, 0.1) is 17.8 Å². The van der Waals surface area contributed by atoms with Gasteiger partial charge in [0.2, 0.25) is 5.91 Å². The van der Waals surface area contributed by atoms with Gasteiger partial charge in [0.05, 0.1) is 5.56 Å². The predicted molar refractivity (Wildman–Crippen MR) is 159 cm³/mol. The monoisotopic (exact) mass is 599 g/mol. The fraction of sp³-hybridized carbons (Fsp3) is 0.588. The van der Waals surface area contributed by atoms with Crippen LogP contribution in [-0.4, -0.2) is 65.5 Å². The molecule has 3 atom stereocenters. The molecule has 0 bridgehead atoms. The van der Waals surface area contributed by atoms with Gasteiger partial charge in [0.1, 0.15) is 6.04 Å². The number of benzene rings is 2. The van der Waals surface area contributed by atoms with E-state index in [1.54, 1.807) is 0 Å². The minimum Gasteiger partial charge on any atom is -0.480 e. The Kier molecular flexibility index (Phi) is 10.4. The highest BCUT2D eigenvalue weighted by atomic mass is 19.4. The maximum absolute atomic E-state index is 12.8. The standard InChI is InChI=1S/C34H44F3N3O3/c35-34(36,37)29-13-11-25(12-14-29)20-38-31(41)19-24-15-17-39(18-16-24)21-28-22-40(23-30(28)26-7-3-1-4-8-26)32(33(42)43)27-9-5-2-6-10-27/h1,3-4,7-8,11-14,24,27-28,30,32H,2,5-6,9-10,15-23H2,(H,38,41)(H,42,43). The molecule has 0 aromatic heterocycles. The first-order valence-corrected chi connectivity index (χ1v) is 15.8. The quantitative estimate of drug-likeness (QED) is 0.342. The summed E-state index contributed by atoms with van der Waals surface area (Å²) in [6.45, 7) is 4.50. The minimum atomic E-state index is -4.37. The molecule has 1 amide bonds. The first-order valence-electron chi connectivity index (χ1n) is 15.8. The number of nitrogens with one attached hydrogen (secondary N) is 1. The molecule has 0 spiro atoms. The van der Waals surface area contributed by atoms with Gasteiger partial charge in [0.25, 0.3) is 0 Å². The first-order chi connectivity index (χ1) is 20.7. The molecule has 2 heterocycles. The lowest BCUT2D eigenvalue weighted by Gasteiger charge is -2.35. The molecule has 234 valence electrons. The molecule has 0 radical (unpaired) electrons. The number of piperidine rings is 1. The molecule has 2 saturated heterocycles. The van der Waals surface area contributed by atoms with Gasteiger partial charge in [-0.15, -0.1) is 0 Å². The Morgan fingerprint density at radius 2 is 1.58 bits per heavy atom. The summed E-state index contributed by atoms with van der Waals surface area (Å²) in [5.74, 6) is 0.379. The molecular weight excluding hydrogens is 555 g/mol. The third-order valence-corrected chi connectivity index (χ3v) is 9.88. The largest absolute Gasteiger partial charge is 0.480 e. The van der Waals surface area contributed by atoms with E-state index < -0.39 is 23.8 Å². The lowest BCUT2D eigenvalue weighted by atomic mass is 9.83. The SMILES string of the molecule is O=C(CC1CCN(CC2CN(C(C(=O)O)C3CCCCC3)CC2c2ccccc2)CC1)NCc1ccc(C(F)(F)F)cc1. The highest BCUT2D eigenvalue weighted by Gasteiger charge is 2.43. The third kappa shape index (κ3) is 8.38. The number of hydrogen-bond donors (Lipinski definition) is 2. The van der Waals surface area contributed by atoms with Gasteiger partial charge in [-0.1, -0.05) is 61.7 Å². The van der Waals surface area contributed by atoms with Crippen molar-refractivity contribution in [3.8, 4) is 0 Å². The number of hydrogen-bond acceptors (Lipinski definition) is 4. The summed E-state index contributed by atoms with van der Waals surface area (Å²) < 4.78 is 38.4. The molecule has 2 N–H and O–H groups in total. The van der Waals surface area contributed by atoms with Crippen molar-refractivity contribution in [1.29, 1.82) is 0 Å². The zero-order valence-electron chi connectivity index (χ0n) is 24.8. The van der Waals surface area contributed by atoms with Crippen molar-refractivity contribution in [3.63, 3.8) is 0 Å². The van der Waals surface area contributed by atoms with Gasteiger partial charge in [0.15, 0.2) is 0 Å². The second-order valence-corrected chi connectivity index (χ2v) is 12.8. The summed E-state index contributed by atoms with van der Waals surface area (Å²) >= 11 is 0. The second-order valence-electron chi connectivity index (χ2n) is 12.8. The average Bonchev–Trinajstić information content (AvgIpc) is 3.40. The van der Waals surface area contributed by atoms with Crippen LogP contribution in [0.2, 0.25) is 0 Å². The summed E-state index contributed by atoms with van der Waals surface area (Å²) in [5.41, 5.74) is 1.23. The lowest BCUT2D eigenvalue weighted by molar-refractivity contribution is -0.145. The van der Waals surface area contributed by atoms with Crippen molar-refractivity contribution in [3.05, 3.63) is 71.3 Å². The summed E-state index contributed by atoms with van der Waals surface area (Å²) in [5, 5.41) is 13.1. The highest BCUT2D eigenvalue weighted by molar-refractivity contribution is 5.76. The van der Waals surface area contributed by atoms with Crippen molar-refractivity contribution in [2.75, 3.05) is 32.7 Å². The molecule has 5 rings (SSSR count). The summed E-state index contributed by atoms with van der Waals surface area (Å²) in [6, 6.07) is 15.0. The average molecular weight is 600 g/mol. The molecule has 2 aromatic carbocycles. The second kappa shape index (κ2) is 14.2. The van der Waals surface area contributed by atoms with E-state index in [-0.39, 0.29) is 24.3 Å². The van der Waals surface area contributed by atoms with Gasteiger partial charge in [-0.2, -0.15) is 13.2 Å². The fourth-order valence-electron chi connectivity index (χ4n) is 7.55. The van der Waals surface area contributed by atoms with Gasteiger partial charge in [0, 0.05) is 38.5 Å². The molecule has 9 heteroatoms. The van der Waals surface area contributed by atoms with Crippen molar-refractivity contribution in [2.45, 2.75) is 76.0 Å². The molecular formula is C34H44F3N3O3. The van der Waals surface area contributed by atoms with E-state index in [0.717, 1.165) is 83.4 Å². The zero-order chi connectivity index (χ0) is 30.4. The van der Waals surface area contributed by atoms with Crippen molar-refractivity contribution >= 4 is 11.9 Å². The van der Waals surface area contributed by atoms with Crippen LogP contribution in [0.3, 0.4) is 0 Å². The molecule has 3 fully saturated rings. The molecule has 3 aliphatic rings. The van der Waals surface area contributed by atoms with E-state index in [1.807, 2.05) is 6.07 Å². The number of carbonyl (C=O) groups is 2. The van der Waals surface area contributed by atoms with Gasteiger partial charge in [-0.05, 0) is 79.8 Å². The lowest BCUT2D eigenvalue weighted by Crippen LogP contribution is -2.46. The van der Waals surface area contributed by atoms with Crippen LogP contribution < -0.4 is 5.32 Å². The summed E-state index contributed by atoms with van der Waals surface area (Å²) in [6.07, 6.45) is 3.33. The van der Waals surface area contributed by atoms with Crippen molar-refractivity contribution in [1.82, 2.24) is 15.1 Å². The van der Waals surface area contributed by atoms with Crippen LogP contribution in [-0.2, 0) is 22.3 Å². The van der Waals surface area contributed by atoms with Crippen LogP contribution in [0.5, 0.6) is 0 Å². The molecule has 2 aliphatic heterocycles. The van der Waals surface area contributed by atoms with Crippen LogP contribution in [0.25, 0.3) is 0 Å². The van der Waals surface area contributed by atoms with Gasteiger partial charge in [-0.3, -0.25) is 14.5 Å². The molecule has 1 saturated carbocycles. The van der Waals surface area contributed by atoms with Gasteiger partial charge in [-0.25, -0.2) is 0 Å². The maximum Gasteiger partial charge on any atom is 0.416 e. The number of carbonyl (C=O) groups excluding carboxylic acids is 1. The number of halogens is 3. The molecule has 6 nitrogen and oxygen atoms in total. The van der Waals surface area contributed by atoms with E-state index in [2.05, 4.69) is 39.4 Å².